The quantitative estimate of drug-likeness (QED) is 0.792. The summed E-state index contributed by atoms with van der Waals surface area (Å²) in [5.74, 6) is 1.35. The van der Waals surface area contributed by atoms with Gasteiger partial charge in [0.2, 0.25) is 5.91 Å². The summed E-state index contributed by atoms with van der Waals surface area (Å²) in [5.41, 5.74) is 5.79. The highest BCUT2D eigenvalue weighted by atomic mass is 35.5. The molecule has 5 heteroatoms. The van der Waals surface area contributed by atoms with Crippen molar-refractivity contribution in [3.05, 3.63) is 29.0 Å². The van der Waals surface area contributed by atoms with Crippen molar-refractivity contribution in [2.45, 2.75) is 12.5 Å². The first kappa shape index (κ1) is 12.5. The van der Waals surface area contributed by atoms with E-state index in [9.17, 15) is 9.18 Å². The van der Waals surface area contributed by atoms with Gasteiger partial charge in [-0.25, -0.2) is 4.39 Å². The van der Waals surface area contributed by atoms with E-state index < -0.39 is 17.8 Å². The summed E-state index contributed by atoms with van der Waals surface area (Å²) in [4.78, 5) is 11.5. The van der Waals surface area contributed by atoms with Crippen LogP contribution in [-0.4, -0.2) is 11.9 Å². The lowest BCUT2D eigenvalue weighted by atomic mass is 10.2. The lowest BCUT2D eigenvalue weighted by Crippen LogP contribution is -2.35. The van der Waals surface area contributed by atoms with Crippen LogP contribution in [0.4, 0.5) is 10.1 Å². The summed E-state index contributed by atoms with van der Waals surface area (Å²) in [6.45, 7) is 0. The summed E-state index contributed by atoms with van der Waals surface area (Å²) in [6, 6.07) is 2.85. The highest BCUT2D eigenvalue weighted by molar-refractivity contribution is 6.33. The topological polar surface area (TPSA) is 55.1 Å². The van der Waals surface area contributed by atoms with Crippen LogP contribution in [0.5, 0.6) is 0 Å². The van der Waals surface area contributed by atoms with Crippen LogP contribution >= 0.6 is 11.6 Å². The zero-order chi connectivity index (χ0) is 12.1. The Morgan fingerprint density at radius 1 is 1.69 bits per heavy atom. The summed E-state index contributed by atoms with van der Waals surface area (Å²) >= 11 is 5.72. The summed E-state index contributed by atoms with van der Waals surface area (Å²) in [7, 11) is 0. The van der Waals surface area contributed by atoms with E-state index in [0.717, 1.165) is 6.07 Å². The van der Waals surface area contributed by atoms with E-state index in [0.29, 0.717) is 5.69 Å². The second-order valence-electron chi connectivity index (χ2n) is 3.13. The molecule has 0 aromatic heterocycles. The number of hydrogen-bond acceptors (Lipinski definition) is 2. The molecule has 1 aromatic carbocycles. The van der Waals surface area contributed by atoms with E-state index >= 15 is 0 Å². The molecule has 0 aliphatic heterocycles. The molecular weight excluding hydrogens is 231 g/mol. The Hall–Kier alpha value is -1.57. The summed E-state index contributed by atoms with van der Waals surface area (Å²) < 4.78 is 12.7. The molecule has 3 N–H and O–H groups in total. The molecule has 1 rings (SSSR count). The Morgan fingerprint density at radius 3 is 2.94 bits per heavy atom. The fraction of sp³-hybridized carbons (Fsp3) is 0.182. The number of nitrogens with one attached hydrogen (secondary N) is 1. The van der Waals surface area contributed by atoms with Crippen molar-refractivity contribution in [3.63, 3.8) is 0 Å². The number of carbonyl (C=O) groups is 1. The van der Waals surface area contributed by atoms with Gasteiger partial charge < -0.3 is 11.1 Å². The number of hydrogen-bond donors (Lipinski definition) is 2. The predicted octanol–water partition coefficient (Wildman–Crippen LogP) is 1.77. The first-order valence-corrected chi connectivity index (χ1v) is 4.87. The normalized spacial score (nSPS) is 11.6. The molecule has 3 nitrogen and oxygen atoms in total. The highest BCUT2D eigenvalue weighted by Crippen LogP contribution is 2.22. The molecule has 0 spiro atoms. The molecule has 0 aliphatic carbocycles. The van der Waals surface area contributed by atoms with Gasteiger partial charge in [0, 0.05) is 6.42 Å². The van der Waals surface area contributed by atoms with Gasteiger partial charge in [0.15, 0.2) is 0 Å². The maximum atomic E-state index is 12.7. The number of benzene rings is 1. The second-order valence-corrected chi connectivity index (χ2v) is 3.54. The lowest BCUT2D eigenvalue weighted by Gasteiger charge is -2.10. The molecule has 16 heavy (non-hydrogen) atoms. The van der Waals surface area contributed by atoms with Crippen LogP contribution in [0.3, 0.4) is 0 Å². The van der Waals surface area contributed by atoms with Crippen molar-refractivity contribution in [3.8, 4) is 12.3 Å². The Bertz CT molecular complexity index is 442. The van der Waals surface area contributed by atoms with Crippen LogP contribution in [0.25, 0.3) is 0 Å². The van der Waals surface area contributed by atoms with Crippen LogP contribution in [-0.2, 0) is 4.79 Å². The lowest BCUT2D eigenvalue weighted by molar-refractivity contribution is -0.117. The van der Waals surface area contributed by atoms with Gasteiger partial charge in [-0.1, -0.05) is 11.6 Å². The van der Waals surface area contributed by atoms with E-state index in [4.69, 9.17) is 23.8 Å². The van der Waals surface area contributed by atoms with Gasteiger partial charge in [0.25, 0.3) is 0 Å². The van der Waals surface area contributed by atoms with E-state index in [1.165, 1.54) is 12.1 Å². The third-order valence-corrected chi connectivity index (χ3v) is 2.18. The zero-order valence-corrected chi connectivity index (χ0v) is 9.09. The van der Waals surface area contributed by atoms with Crippen molar-refractivity contribution in [2.75, 3.05) is 5.32 Å². The monoisotopic (exact) mass is 240 g/mol. The molecule has 0 radical (unpaired) electrons. The molecule has 0 saturated heterocycles. The number of amides is 1. The predicted molar refractivity (Wildman–Crippen MR) is 61.5 cm³/mol. The maximum absolute atomic E-state index is 12.7. The van der Waals surface area contributed by atoms with Crippen LogP contribution in [0.15, 0.2) is 18.2 Å². The SMILES string of the molecule is C#CCC(N)C(=O)Nc1ccc(F)cc1Cl. The van der Waals surface area contributed by atoms with Gasteiger partial charge in [-0.15, -0.1) is 12.3 Å². The smallest absolute Gasteiger partial charge is 0.242 e. The van der Waals surface area contributed by atoms with E-state index in [1.54, 1.807) is 0 Å². The average Bonchev–Trinajstić information content (AvgIpc) is 2.22. The average molecular weight is 241 g/mol. The Morgan fingerprint density at radius 2 is 2.38 bits per heavy atom. The molecule has 0 bridgehead atoms. The first-order valence-electron chi connectivity index (χ1n) is 4.49. The minimum absolute atomic E-state index is 0.112. The Balaban J connectivity index is 2.74. The van der Waals surface area contributed by atoms with E-state index in [1.807, 2.05) is 0 Å². The molecule has 1 atom stereocenters. The number of carbonyl (C=O) groups excluding carboxylic acids is 1. The van der Waals surface area contributed by atoms with Crippen molar-refractivity contribution in [1.82, 2.24) is 0 Å². The van der Waals surface area contributed by atoms with E-state index in [2.05, 4.69) is 11.2 Å². The zero-order valence-electron chi connectivity index (χ0n) is 8.34. The molecule has 0 aliphatic rings. The fourth-order valence-corrected chi connectivity index (χ4v) is 1.25. The summed E-state index contributed by atoms with van der Waals surface area (Å²) in [6.07, 6.45) is 5.15. The number of halogens is 2. The molecule has 1 amide bonds. The Kier molecular flexibility index (Phi) is 4.29. The van der Waals surface area contributed by atoms with Gasteiger partial charge in [0.1, 0.15) is 5.82 Å². The molecule has 84 valence electrons. The number of rotatable bonds is 3. The second kappa shape index (κ2) is 5.50. The van der Waals surface area contributed by atoms with Gasteiger partial charge in [-0.05, 0) is 18.2 Å². The van der Waals surface area contributed by atoms with Crippen molar-refractivity contribution in [1.29, 1.82) is 0 Å². The van der Waals surface area contributed by atoms with Crippen LogP contribution < -0.4 is 11.1 Å². The third kappa shape index (κ3) is 3.23. The number of anilines is 1. The Labute approximate surface area is 97.8 Å². The van der Waals surface area contributed by atoms with Crippen molar-refractivity contribution >= 4 is 23.2 Å². The molecule has 0 saturated carbocycles. The van der Waals surface area contributed by atoms with Crippen LogP contribution in [0.2, 0.25) is 5.02 Å². The standard InChI is InChI=1S/C11H10ClFN2O/c1-2-3-9(14)11(16)15-10-5-4-7(13)6-8(10)12/h1,4-6,9H,3,14H2,(H,15,16). The van der Waals surface area contributed by atoms with Crippen LogP contribution in [0, 0.1) is 18.2 Å². The van der Waals surface area contributed by atoms with Gasteiger partial charge >= 0.3 is 0 Å². The van der Waals surface area contributed by atoms with Crippen molar-refractivity contribution < 1.29 is 9.18 Å². The first-order chi connectivity index (χ1) is 7.54. The molecule has 1 unspecified atom stereocenters. The van der Waals surface area contributed by atoms with E-state index in [-0.39, 0.29) is 11.4 Å². The summed E-state index contributed by atoms with van der Waals surface area (Å²) in [5, 5.41) is 2.58. The minimum Gasteiger partial charge on any atom is -0.323 e. The molecular formula is C11H10ClFN2O. The van der Waals surface area contributed by atoms with Gasteiger partial charge in [0.05, 0.1) is 16.8 Å². The molecule has 0 heterocycles. The van der Waals surface area contributed by atoms with Gasteiger partial charge in [-0.3, -0.25) is 4.79 Å². The van der Waals surface area contributed by atoms with Crippen LogP contribution in [0.1, 0.15) is 6.42 Å². The van der Waals surface area contributed by atoms with Gasteiger partial charge in [-0.2, -0.15) is 0 Å². The minimum atomic E-state index is -0.800. The fourth-order valence-electron chi connectivity index (χ4n) is 1.04. The number of nitrogens with two attached hydrogens (primary N) is 1. The number of terminal acetylenes is 1. The van der Waals surface area contributed by atoms with Crippen molar-refractivity contribution in [2.24, 2.45) is 5.73 Å². The molecule has 0 fully saturated rings. The maximum Gasteiger partial charge on any atom is 0.242 e. The third-order valence-electron chi connectivity index (χ3n) is 1.86. The molecule has 1 aromatic rings. The highest BCUT2D eigenvalue weighted by Gasteiger charge is 2.13. The largest absolute Gasteiger partial charge is 0.323 e.